The van der Waals surface area contributed by atoms with Crippen LogP contribution in [0.5, 0.6) is 0 Å². The predicted molar refractivity (Wildman–Crippen MR) is 121 cm³/mol. The van der Waals surface area contributed by atoms with Gasteiger partial charge in [-0.05, 0) is 36.8 Å². The van der Waals surface area contributed by atoms with Crippen LogP contribution in [0, 0.1) is 11.8 Å². The normalized spacial score (nSPS) is 19.8. The molecular formula is C26H38O6. The average molecular weight is 447 g/mol. The molecule has 0 radical (unpaired) electrons. The molecule has 2 atom stereocenters. The van der Waals surface area contributed by atoms with Crippen molar-refractivity contribution >= 4 is 11.9 Å². The molecule has 32 heavy (non-hydrogen) atoms. The van der Waals surface area contributed by atoms with Crippen molar-refractivity contribution in [3.05, 3.63) is 35.4 Å². The standard InChI is InChI=1S/C26H38O6/c27-23(17-15-19-9-3-1-4-10-19)31-25(29)21-13-7-8-14-22(21)26(30)32-24(28)18-16-20-11-5-2-6-12-20/h7-8,13-14,19-20,23-24,27-28H,1-6,9-12,15-18H2. The lowest BCUT2D eigenvalue weighted by atomic mass is 9.86. The first-order valence-corrected chi connectivity index (χ1v) is 12.4. The maximum absolute atomic E-state index is 12.6. The minimum absolute atomic E-state index is 0.0358. The van der Waals surface area contributed by atoms with E-state index >= 15 is 0 Å². The molecule has 0 bridgehead atoms. The lowest BCUT2D eigenvalue weighted by Gasteiger charge is -2.23. The highest BCUT2D eigenvalue weighted by Crippen LogP contribution is 2.29. The highest BCUT2D eigenvalue weighted by molar-refractivity contribution is 6.03. The van der Waals surface area contributed by atoms with Gasteiger partial charge in [0.1, 0.15) is 0 Å². The quantitative estimate of drug-likeness (QED) is 0.371. The van der Waals surface area contributed by atoms with Crippen LogP contribution in [0.1, 0.15) is 111 Å². The number of aliphatic hydroxyl groups is 2. The third-order valence-electron chi connectivity index (χ3n) is 6.95. The highest BCUT2D eigenvalue weighted by Gasteiger charge is 2.24. The van der Waals surface area contributed by atoms with Gasteiger partial charge in [-0.3, -0.25) is 0 Å². The van der Waals surface area contributed by atoms with Crippen LogP contribution < -0.4 is 0 Å². The molecular weight excluding hydrogens is 408 g/mol. The highest BCUT2D eigenvalue weighted by atomic mass is 16.6. The van der Waals surface area contributed by atoms with Gasteiger partial charge in [-0.15, -0.1) is 0 Å². The van der Waals surface area contributed by atoms with Gasteiger partial charge in [0.25, 0.3) is 0 Å². The van der Waals surface area contributed by atoms with Crippen molar-refractivity contribution in [1.82, 2.24) is 0 Å². The van der Waals surface area contributed by atoms with E-state index in [1.54, 1.807) is 12.1 Å². The second kappa shape index (κ2) is 12.9. The van der Waals surface area contributed by atoms with Crippen molar-refractivity contribution in [3.63, 3.8) is 0 Å². The number of carbonyl (C=O) groups is 2. The summed E-state index contributed by atoms with van der Waals surface area (Å²) in [6, 6.07) is 6.20. The number of aliphatic hydroxyl groups excluding tert-OH is 2. The Balaban J connectivity index is 1.48. The number of esters is 2. The van der Waals surface area contributed by atoms with Crippen molar-refractivity contribution in [1.29, 1.82) is 0 Å². The van der Waals surface area contributed by atoms with E-state index in [2.05, 4.69) is 0 Å². The Morgan fingerprint density at radius 1 is 0.719 bits per heavy atom. The van der Waals surface area contributed by atoms with Crippen molar-refractivity contribution in [3.8, 4) is 0 Å². The van der Waals surface area contributed by atoms with E-state index in [-0.39, 0.29) is 11.1 Å². The molecule has 2 N–H and O–H groups in total. The first kappa shape index (κ1) is 24.7. The van der Waals surface area contributed by atoms with Crippen molar-refractivity contribution in [2.24, 2.45) is 11.8 Å². The van der Waals surface area contributed by atoms with E-state index in [9.17, 15) is 19.8 Å². The summed E-state index contributed by atoms with van der Waals surface area (Å²) in [6.45, 7) is 0. The van der Waals surface area contributed by atoms with Crippen LogP contribution in [0.3, 0.4) is 0 Å². The van der Waals surface area contributed by atoms with Gasteiger partial charge in [-0.2, -0.15) is 0 Å². The molecule has 1 aromatic carbocycles. The van der Waals surface area contributed by atoms with E-state index in [4.69, 9.17) is 9.47 Å². The Morgan fingerprint density at radius 2 is 1.09 bits per heavy atom. The largest absolute Gasteiger partial charge is 0.432 e. The van der Waals surface area contributed by atoms with Crippen LogP contribution in [0.25, 0.3) is 0 Å². The van der Waals surface area contributed by atoms with Gasteiger partial charge in [-0.1, -0.05) is 76.3 Å². The number of ether oxygens (including phenoxy) is 2. The lowest BCUT2D eigenvalue weighted by molar-refractivity contribution is -0.0748. The number of hydrogen-bond acceptors (Lipinski definition) is 6. The molecule has 0 amide bonds. The smallest absolute Gasteiger partial charge is 0.341 e. The second-order valence-electron chi connectivity index (χ2n) is 9.43. The zero-order valence-corrected chi connectivity index (χ0v) is 19.0. The molecule has 2 fully saturated rings. The molecule has 1 aromatic rings. The molecule has 2 aliphatic carbocycles. The zero-order chi connectivity index (χ0) is 22.8. The number of hydrogen-bond donors (Lipinski definition) is 2. The van der Waals surface area contributed by atoms with Gasteiger partial charge in [0.2, 0.25) is 12.6 Å². The molecule has 2 saturated carbocycles. The Kier molecular flexibility index (Phi) is 10.0. The van der Waals surface area contributed by atoms with Crippen LogP contribution in [0.15, 0.2) is 24.3 Å². The summed E-state index contributed by atoms with van der Waals surface area (Å²) in [4.78, 5) is 25.2. The molecule has 6 heteroatoms. The van der Waals surface area contributed by atoms with Crippen molar-refractivity contribution in [2.75, 3.05) is 0 Å². The molecule has 178 valence electrons. The minimum Gasteiger partial charge on any atom is -0.432 e. The number of carbonyl (C=O) groups excluding carboxylic acids is 2. The lowest BCUT2D eigenvalue weighted by Crippen LogP contribution is -2.23. The van der Waals surface area contributed by atoms with Gasteiger partial charge < -0.3 is 19.7 Å². The summed E-state index contributed by atoms with van der Waals surface area (Å²) >= 11 is 0. The fourth-order valence-corrected chi connectivity index (χ4v) is 5.04. The van der Waals surface area contributed by atoms with Crippen LogP contribution in [-0.4, -0.2) is 34.7 Å². The van der Waals surface area contributed by atoms with Gasteiger partial charge in [0.15, 0.2) is 0 Å². The molecule has 0 aromatic heterocycles. The van der Waals surface area contributed by atoms with Crippen LogP contribution in [0.2, 0.25) is 0 Å². The fourth-order valence-electron chi connectivity index (χ4n) is 5.04. The Hall–Kier alpha value is -1.92. The topological polar surface area (TPSA) is 93.1 Å². The second-order valence-corrected chi connectivity index (χ2v) is 9.43. The average Bonchev–Trinajstić information content (AvgIpc) is 2.82. The molecule has 6 nitrogen and oxygen atoms in total. The Bertz CT molecular complexity index is 660. The molecule has 0 aliphatic heterocycles. The molecule has 3 rings (SSSR count). The summed E-state index contributed by atoms with van der Waals surface area (Å²) in [5.74, 6) is -0.361. The summed E-state index contributed by atoms with van der Waals surface area (Å²) < 4.78 is 10.4. The first-order chi connectivity index (χ1) is 15.5. The van der Waals surface area contributed by atoms with Gasteiger partial charge >= 0.3 is 11.9 Å². The molecule has 0 saturated heterocycles. The predicted octanol–water partition coefficient (Wildman–Crippen LogP) is 5.36. The maximum Gasteiger partial charge on any atom is 0.341 e. The molecule has 0 heterocycles. The van der Waals surface area contributed by atoms with E-state index in [0.717, 1.165) is 12.8 Å². The summed E-state index contributed by atoms with van der Waals surface area (Å²) in [7, 11) is 0. The van der Waals surface area contributed by atoms with E-state index < -0.39 is 24.5 Å². The van der Waals surface area contributed by atoms with Crippen LogP contribution >= 0.6 is 0 Å². The van der Waals surface area contributed by atoms with Gasteiger partial charge in [0.05, 0.1) is 11.1 Å². The third kappa shape index (κ3) is 7.89. The Morgan fingerprint density at radius 3 is 1.47 bits per heavy atom. The summed E-state index contributed by atoms with van der Waals surface area (Å²) in [6.07, 6.45) is 12.1. The number of benzene rings is 1. The summed E-state index contributed by atoms with van der Waals surface area (Å²) in [5, 5.41) is 20.4. The van der Waals surface area contributed by atoms with Gasteiger partial charge in [-0.25, -0.2) is 9.59 Å². The van der Waals surface area contributed by atoms with Crippen LogP contribution in [0.4, 0.5) is 0 Å². The first-order valence-electron chi connectivity index (χ1n) is 12.4. The van der Waals surface area contributed by atoms with Crippen molar-refractivity contribution in [2.45, 2.75) is 102 Å². The number of rotatable bonds is 10. The van der Waals surface area contributed by atoms with Crippen molar-refractivity contribution < 1.29 is 29.3 Å². The zero-order valence-electron chi connectivity index (χ0n) is 19.0. The minimum atomic E-state index is -1.20. The van der Waals surface area contributed by atoms with Gasteiger partial charge in [0, 0.05) is 12.8 Å². The van der Waals surface area contributed by atoms with E-state index in [1.807, 2.05) is 0 Å². The molecule has 2 aliphatic rings. The third-order valence-corrected chi connectivity index (χ3v) is 6.95. The van der Waals surface area contributed by atoms with E-state index in [1.165, 1.54) is 76.3 Å². The Labute approximate surface area is 191 Å². The molecule has 2 unspecified atom stereocenters. The fraction of sp³-hybridized carbons (Fsp3) is 0.692. The SMILES string of the molecule is O=C(OC(O)CCC1CCCCC1)c1ccccc1C(=O)OC(O)CCC1CCCCC1. The maximum atomic E-state index is 12.6. The van der Waals surface area contributed by atoms with Crippen LogP contribution in [-0.2, 0) is 9.47 Å². The van der Waals surface area contributed by atoms with E-state index in [0.29, 0.717) is 24.7 Å². The summed E-state index contributed by atoms with van der Waals surface area (Å²) in [5.41, 5.74) is 0.0717. The monoisotopic (exact) mass is 446 g/mol. The molecule has 0 spiro atoms.